The van der Waals surface area contributed by atoms with Gasteiger partial charge in [-0.1, -0.05) is 12.1 Å². The first kappa shape index (κ1) is 12.1. The maximum Gasteiger partial charge on any atom is 0.138 e. The van der Waals surface area contributed by atoms with Crippen molar-refractivity contribution in [3.05, 3.63) is 47.5 Å². The van der Waals surface area contributed by atoms with Gasteiger partial charge in [-0.15, -0.1) is 0 Å². The van der Waals surface area contributed by atoms with Crippen LogP contribution in [0.3, 0.4) is 0 Å². The number of hydrogen-bond acceptors (Lipinski definition) is 5. The molecule has 0 aliphatic heterocycles. The molecule has 0 heterocycles. The van der Waals surface area contributed by atoms with E-state index in [1.165, 1.54) is 24.3 Å². The van der Waals surface area contributed by atoms with Crippen LogP contribution in [-0.2, 0) is 0 Å². The van der Waals surface area contributed by atoms with E-state index in [-0.39, 0.29) is 22.9 Å². The Morgan fingerprint density at radius 1 is 0.778 bits per heavy atom. The topological polar surface area (TPSA) is 113 Å². The van der Waals surface area contributed by atoms with Crippen molar-refractivity contribution >= 4 is 11.4 Å². The molecule has 94 valence electrons. The van der Waals surface area contributed by atoms with Crippen LogP contribution in [0.15, 0.2) is 36.4 Å². The van der Waals surface area contributed by atoms with Crippen molar-refractivity contribution in [1.29, 1.82) is 0 Å². The van der Waals surface area contributed by atoms with Gasteiger partial charge in [0.2, 0.25) is 0 Å². The number of aliphatic hydroxyl groups excluding tert-OH is 1. The zero-order valence-corrected chi connectivity index (χ0v) is 9.54. The molecular weight excluding hydrogens is 232 g/mol. The minimum Gasteiger partial charge on any atom is -0.506 e. The van der Waals surface area contributed by atoms with Crippen molar-refractivity contribution < 1.29 is 15.3 Å². The highest BCUT2D eigenvalue weighted by atomic mass is 16.3. The number of nitrogen functional groups attached to an aromatic ring is 2. The maximum absolute atomic E-state index is 10.1. The van der Waals surface area contributed by atoms with E-state index in [9.17, 15) is 15.3 Å². The zero-order chi connectivity index (χ0) is 13.3. The molecule has 0 fully saturated rings. The second kappa shape index (κ2) is 4.46. The van der Waals surface area contributed by atoms with Crippen LogP contribution in [0, 0.1) is 0 Å². The van der Waals surface area contributed by atoms with Crippen LogP contribution in [0.5, 0.6) is 11.5 Å². The van der Waals surface area contributed by atoms with E-state index in [2.05, 4.69) is 0 Å². The maximum atomic E-state index is 10.1. The lowest BCUT2D eigenvalue weighted by atomic mass is 10.0. The number of nitrogens with two attached hydrogens (primary N) is 2. The molecule has 2 aromatic carbocycles. The number of rotatable bonds is 2. The second-order valence-electron chi connectivity index (χ2n) is 4.04. The molecule has 0 bridgehead atoms. The Balaban J connectivity index is 2.37. The average molecular weight is 246 g/mol. The van der Waals surface area contributed by atoms with Gasteiger partial charge in [0.25, 0.3) is 0 Å². The molecule has 0 aromatic heterocycles. The fourth-order valence-electron chi connectivity index (χ4n) is 1.65. The molecule has 0 aliphatic rings. The average Bonchev–Trinajstić information content (AvgIpc) is 2.35. The van der Waals surface area contributed by atoms with Crippen LogP contribution in [0.4, 0.5) is 11.4 Å². The van der Waals surface area contributed by atoms with Gasteiger partial charge in [0.1, 0.15) is 17.6 Å². The van der Waals surface area contributed by atoms with Crippen LogP contribution in [-0.4, -0.2) is 15.3 Å². The molecule has 0 amide bonds. The molecule has 0 saturated heterocycles. The third-order valence-corrected chi connectivity index (χ3v) is 2.74. The Kier molecular flexibility index (Phi) is 2.99. The SMILES string of the molecule is Nc1ccc(C(O)c2ccc(N)c(O)c2)cc1O. The van der Waals surface area contributed by atoms with Crippen molar-refractivity contribution in [1.82, 2.24) is 0 Å². The molecule has 5 heteroatoms. The van der Waals surface area contributed by atoms with Crippen LogP contribution >= 0.6 is 0 Å². The van der Waals surface area contributed by atoms with Crippen LogP contribution < -0.4 is 11.5 Å². The third-order valence-electron chi connectivity index (χ3n) is 2.74. The first-order chi connectivity index (χ1) is 8.49. The fraction of sp³-hybridized carbons (Fsp3) is 0.0769. The van der Waals surface area contributed by atoms with E-state index in [1.54, 1.807) is 12.1 Å². The number of benzene rings is 2. The van der Waals surface area contributed by atoms with Gasteiger partial charge in [-0.05, 0) is 35.4 Å². The summed E-state index contributed by atoms with van der Waals surface area (Å²) >= 11 is 0. The Labute approximate surface area is 104 Å². The molecule has 2 aromatic rings. The molecule has 0 saturated carbocycles. The van der Waals surface area contributed by atoms with E-state index in [4.69, 9.17) is 11.5 Å². The summed E-state index contributed by atoms with van der Waals surface area (Å²) in [6.07, 6.45) is -0.969. The lowest BCUT2D eigenvalue weighted by molar-refractivity contribution is 0.219. The van der Waals surface area contributed by atoms with E-state index in [1.807, 2.05) is 0 Å². The molecule has 2 rings (SSSR count). The van der Waals surface area contributed by atoms with Crippen molar-refractivity contribution in [3.63, 3.8) is 0 Å². The molecule has 0 aliphatic carbocycles. The summed E-state index contributed by atoms with van der Waals surface area (Å²) in [5, 5.41) is 29.1. The summed E-state index contributed by atoms with van der Waals surface area (Å²) in [4.78, 5) is 0. The van der Waals surface area contributed by atoms with Gasteiger partial charge in [0, 0.05) is 0 Å². The van der Waals surface area contributed by atoms with Gasteiger partial charge in [-0.25, -0.2) is 0 Å². The van der Waals surface area contributed by atoms with Gasteiger partial charge >= 0.3 is 0 Å². The lowest BCUT2D eigenvalue weighted by Gasteiger charge is -2.13. The van der Waals surface area contributed by atoms with Crippen molar-refractivity contribution in [3.8, 4) is 11.5 Å². The second-order valence-corrected chi connectivity index (χ2v) is 4.04. The largest absolute Gasteiger partial charge is 0.506 e. The van der Waals surface area contributed by atoms with Crippen molar-refractivity contribution in [2.45, 2.75) is 6.10 Å². The van der Waals surface area contributed by atoms with Gasteiger partial charge < -0.3 is 26.8 Å². The zero-order valence-electron chi connectivity index (χ0n) is 9.54. The number of hydrogen-bond donors (Lipinski definition) is 5. The molecule has 0 unspecified atom stereocenters. The number of anilines is 2. The first-order valence-corrected chi connectivity index (χ1v) is 5.34. The first-order valence-electron chi connectivity index (χ1n) is 5.34. The summed E-state index contributed by atoms with van der Waals surface area (Å²) in [6, 6.07) is 8.98. The van der Waals surface area contributed by atoms with Crippen LogP contribution in [0.1, 0.15) is 17.2 Å². The Bertz CT molecular complexity index is 533. The Hall–Kier alpha value is -2.40. The normalized spacial score (nSPS) is 10.8. The van der Waals surface area contributed by atoms with E-state index in [0.717, 1.165) is 0 Å². The van der Waals surface area contributed by atoms with Gasteiger partial charge in [-0.3, -0.25) is 0 Å². The van der Waals surface area contributed by atoms with E-state index in [0.29, 0.717) is 11.1 Å². The van der Waals surface area contributed by atoms with Crippen molar-refractivity contribution in [2.75, 3.05) is 11.5 Å². The lowest BCUT2D eigenvalue weighted by Crippen LogP contribution is -2.00. The fourth-order valence-corrected chi connectivity index (χ4v) is 1.65. The summed E-state index contributed by atoms with van der Waals surface area (Å²) < 4.78 is 0. The minimum absolute atomic E-state index is 0.0915. The van der Waals surface area contributed by atoms with Gasteiger partial charge in [0.05, 0.1) is 11.4 Å². The number of aromatic hydroxyl groups is 2. The molecule has 0 spiro atoms. The van der Waals surface area contributed by atoms with E-state index < -0.39 is 6.10 Å². The Morgan fingerprint density at radius 2 is 1.17 bits per heavy atom. The standard InChI is InChI=1S/C13H14N2O3/c14-9-3-1-7(5-11(9)16)13(18)8-2-4-10(15)12(17)6-8/h1-6,13,16-18H,14-15H2. The number of phenolic OH excluding ortho intramolecular Hbond substituents is 2. The predicted octanol–water partition coefficient (Wildman–Crippen LogP) is 1.34. The molecule has 18 heavy (non-hydrogen) atoms. The van der Waals surface area contributed by atoms with Crippen LogP contribution in [0.25, 0.3) is 0 Å². The highest BCUT2D eigenvalue weighted by Crippen LogP contribution is 2.31. The monoisotopic (exact) mass is 246 g/mol. The van der Waals surface area contributed by atoms with Gasteiger partial charge in [0.15, 0.2) is 0 Å². The number of aliphatic hydroxyl groups is 1. The molecule has 7 N–H and O–H groups in total. The molecule has 0 atom stereocenters. The quantitative estimate of drug-likeness (QED) is 0.405. The molecule has 0 radical (unpaired) electrons. The summed E-state index contributed by atoms with van der Waals surface area (Å²) in [6.45, 7) is 0. The predicted molar refractivity (Wildman–Crippen MR) is 69.1 cm³/mol. The Morgan fingerprint density at radius 3 is 1.50 bits per heavy atom. The highest BCUT2D eigenvalue weighted by Gasteiger charge is 2.13. The highest BCUT2D eigenvalue weighted by molar-refractivity contribution is 5.56. The summed E-state index contributed by atoms with van der Waals surface area (Å²) in [5.41, 5.74) is 12.4. The minimum atomic E-state index is -0.969. The summed E-state index contributed by atoms with van der Waals surface area (Å²) in [7, 11) is 0. The number of phenols is 2. The van der Waals surface area contributed by atoms with Crippen LogP contribution in [0.2, 0.25) is 0 Å². The smallest absolute Gasteiger partial charge is 0.138 e. The molecular formula is C13H14N2O3. The third kappa shape index (κ3) is 2.16. The van der Waals surface area contributed by atoms with Crippen molar-refractivity contribution in [2.24, 2.45) is 0 Å². The molecule has 5 nitrogen and oxygen atoms in total. The van der Waals surface area contributed by atoms with E-state index >= 15 is 0 Å². The van der Waals surface area contributed by atoms with Gasteiger partial charge in [-0.2, -0.15) is 0 Å². The summed E-state index contributed by atoms with van der Waals surface area (Å²) in [5.74, 6) is -0.183.